The molecule has 4 rings (SSSR count). The number of imide groups is 1. The van der Waals surface area contributed by atoms with E-state index in [-0.39, 0.29) is 54.5 Å². The van der Waals surface area contributed by atoms with Crippen molar-refractivity contribution in [2.24, 2.45) is 11.8 Å². The molecule has 2 N–H and O–H groups in total. The molecule has 3 aliphatic rings. The summed E-state index contributed by atoms with van der Waals surface area (Å²) in [5.41, 5.74) is 0.105. The van der Waals surface area contributed by atoms with Gasteiger partial charge in [0.2, 0.25) is 11.8 Å². The van der Waals surface area contributed by atoms with Gasteiger partial charge in [-0.25, -0.2) is 9.59 Å². The van der Waals surface area contributed by atoms with Crippen LogP contribution in [0.5, 0.6) is 0 Å². The monoisotopic (exact) mass is 471 g/mol. The summed E-state index contributed by atoms with van der Waals surface area (Å²) in [5, 5.41) is 5.07. The van der Waals surface area contributed by atoms with Crippen molar-refractivity contribution >= 4 is 29.8 Å². The van der Waals surface area contributed by atoms with Gasteiger partial charge in [-0.1, -0.05) is 12.2 Å². The number of nitrogens with one attached hydrogen (secondary N) is 2. The zero-order chi connectivity index (χ0) is 24.2. The fourth-order valence-corrected chi connectivity index (χ4v) is 4.37. The van der Waals surface area contributed by atoms with Gasteiger partial charge in [-0.15, -0.1) is 0 Å². The first-order valence-electron chi connectivity index (χ1n) is 11.1. The maximum absolute atomic E-state index is 12.6. The molecule has 0 radical (unpaired) electrons. The maximum atomic E-state index is 12.6. The van der Waals surface area contributed by atoms with Crippen LogP contribution in [0.3, 0.4) is 0 Å². The number of hydrogen-bond acceptors (Lipinski definition) is 8. The molecular weight excluding hydrogens is 446 g/mol. The minimum atomic E-state index is -0.923. The van der Waals surface area contributed by atoms with Crippen LogP contribution in [0.2, 0.25) is 0 Å². The van der Waals surface area contributed by atoms with Crippen molar-refractivity contribution in [3.8, 4) is 0 Å². The van der Waals surface area contributed by atoms with Crippen molar-refractivity contribution in [2.45, 2.75) is 32.2 Å². The second-order valence-corrected chi connectivity index (χ2v) is 8.05. The van der Waals surface area contributed by atoms with Crippen molar-refractivity contribution in [2.75, 3.05) is 19.8 Å². The Morgan fingerprint density at radius 1 is 1.12 bits per heavy atom. The van der Waals surface area contributed by atoms with Gasteiger partial charge in [0.15, 0.2) is 0 Å². The standard InChI is InChI=1S/C23H25N3O8/c1-2-32-22(30)18-15(24-23(31)25-19(18)16-8-5-11-33-16)12-34-17(27)9-10-26-20(28)13-6-3-4-7-14(13)21(26)29/h3-5,8,11,13-14,19H,2,6-7,9-10,12H2,1H3,(H2,24,25,31)/t13-,14-,19-/m1/s1. The van der Waals surface area contributed by atoms with E-state index in [2.05, 4.69) is 10.6 Å². The molecule has 1 aromatic rings. The smallest absolute Gasteiger partial charge is 0.338 e. The number of nitrogens with zero attached hydrogens (tertiary/aromatic N) is 1. The Morgan fingerprint density at radius 2 is 1.82 bits per heavy atom. The predicted octanol–water partition coefficient (Wildman–Crippen LogP) is 1.34. The van der Waals surface area contributed by atoms with E-state index in [4.69, 9.17) is 13.9 Å². The number of hydrogen-bond donors (Lipinski definition) is 2. The number of furan rings is 1. The van der Waals surface area contributed by atoms with Gasteiger partial charge in [-0.05, 0) is 31.9 Å². The van der Waals surface area contributed by atoms with Gasteiger partial charge in [0, 0.05) is 6.54 Å². The highest BCUT2D eigenvalue weighted by Gasteiger charge is 2.47. The van der Waals surface area contributed by atoms with Crippen molar-refractivity contribution in [3.63, 3.8) is 0 Å². The third-order valence-corrected chi connectivity index (χ3v) is 5.99. The number of ether oxygens (including phenoxy) is 2. The van der Waals surface area contributed by atoms with E-state index < -0.39 is 30.6 Å². The number of carbonyl (C=O) groups excluding carboxylic acids is 5. The summed E-state index contributed by atoms with van der Waals surface area (Å²) in [4.78, 5) is 63.4. The number of esters is 2. The lowest BCUT2D eigenvalue weighted by Crippen LogP contribution is -2.47. The van der Waals surface area contributed by atoms with Crippen LogP contribution in [-0.2, 0) is 28.7 Å². The molecule has 11 heteroatoms. The zero-order valence-electron chi connectivity index (χ0n) is 18.6. The van der Waals surface area contributed by atoms with E-state index in [1.165, 1.54) is 6.26 Å². The van der Waals surface area contributed by atoms with Crippen LogP contribution < -0.4 is 10.6 Å². The summed E-state index contributed by atoms with van der Waals surface area (Å²) in [7, 11) is 0. The minimum absolute atomic E-state index is 0.0469. The average Bonchev–Trinajstić information content (AvgIpc) is 3.44. The number of amides is 4. The number of allylic oxidation sites excluding steroid dienone is 2. The predicted molar refractivity (Wildman–Crippen MR) is 114 cm³/mol. The molecule has 180 valence electrons. The Morgan fingerprint density at radius 3 is 2.44 bits per heavy atom. The zero-order valence-corrected chi connectivity index (χ0v) is 18.6. The van der Waals surface area contributed by atoms with E-state index in [9.17, 15) is 24.0 Å². The number of likely N-dealkylation sites (tertiary alicyclic amines) is 1. The largest absolute Gasteiger partial charge is 0.467 e. The molecule has 2 aliphatic heterocycles. The molecule has 1 fully saturated rings. The highest BCUT2D eigenvalue weighted by atomic mass is 16.5. The van der Waals surface area contributed by atoms with Crippen LogP contribution in [0, 0.1) is 11.8 Å². The molecule has 0 saturated carbocycles. The molecule has 3 atom stereocenters. The highest BCUT2D eigenvalue weighted by Crippen LogP contribution is 2.35. The van der Waals surface area contributed by atoms with Crippen LogP contribution in [0.25, 0.3) is 0 Å². The molecule has 1 saturated heterocycles. The summed E-state index contributed by atoms with van der Waals surface area (Å²) in [6.45, 7) is 1.25. The average molecular weight is 471 g/mol. The van der Waals surface area contributed by atoms with E-state index in [1.807, 2.05) is 12.2 Å². The highest BCUT2D eigenvalue weighted by molar-refractivity contribution is 6.05. The lowest BCUT2D eigenvalue weighted by molar-refractivity contribution is -0.146. The number of urea groups is 1. The van der Waals surface area contributed by atoms with Gasteiger partial charge in [0.1, 0.15) is 18.4 Å². The lowest BCUT2D eigenvalue weighted by Gasteiger charge is -2.27. The lowest BCUT2D eigenvalue weighted by atomic mass is 9.85. The van der Waals surface area contributed by atoms with Gasteiger partial charge in [-0.2, -0.15) is 0 Å². The molecule has 11 nitrogen and oxygen atoms in total. The Hall–Kier alpha value is -3.89. The first kappa shape index (κ1) is 23.3. The van der Waals surface area contributed by atoms with Crippen LogP contribution in [-0.4, -0.2) is 54.4 Å². The normalized spacial score (nSPS) is 24.0. The molecule has 1 aliphatic carbocycles. The van der Waals surface area contributed by atoms with Gasteiger partial charge in [0.25, 0.3) is 0 Å². The number of carbonyl (C=O) groups is 5. The molecule has 1 aromatic heterocycles. The molecule has 4 amide bonds. The van der Waals surface area contributed by atoms with Crippen LogP contribution in [0.1, 0.15) is 38.0 Å². The first-order valence-corrected chi connectivity index (χ1v) is 11.1. The Labute approximate surface area is 195 Å². The second kappa shape index (κ2) is 9.94. The Kier molecular flexibility index (Phi) is 6.80. The van der Waals surface area contributed by atoms with Gasteiger partial charge >= 0.3 is 18.0 Å². The van der Waals surface area contributed by atoms with Gasteiger partial charge in [0.05, 0.1) is 42.4 Å². The van der Waals surface area contributed by atoms with E-state index >= 15 is 0 Å². The molecule has 34 heavy (non-hydrogen) atoms. The number of rotatable bonds is 8. The molecule has 0 aromatic carbocycles. The third-order valence-electron chi connectivity index (χ3n) is 5.99. The van der Waals surface area contributed by atoms with Gasteiger partial charge in [-0.3, -0.25) is 19.3 Å². The second-order valence-electron chi connectivity index (χ2n) is 8.05. The van der Waals surface area contributed by atoms with Crippen LogP contribution in [0.15, 0.2) is 46.2 Å². The maximum Gasteiger partial charge on any atom is 0.338 e. The third kappa shape index (κ3) is 4.59. The van der Waals surface area contributed by atoms with E-state index in [0.29, 0.717) is 18.6 Å². The molecule has 0 unspecified atom stereocenters. The molecule has 0 spiro atoms. The Balaban J connectivity index is 1.42. The fraction of sp³-hybridized carbons (Fsp3) is 0.435. The first-order chi connectivity index (χ1) is 16.4. The van der Waals surface area contributed by atoms with E-state index in [0.717, 1.165) is 4.90 Å². The van der Waals surface area contributed by atoms with Crippen molar-refractivity contribution in [1.29, 1.82) is 0 Å². The summed E-state index contributed by atoms with van der Waals surface area (Å²) < 4.78 is 15.7. The quantitative estimate of drug-likeness (QED) is 0.328. The van der Waals surface area contributed by atoms with Crippen molar-refractivity contribution < 1.29 is 37.9 Å². The van der Waals surface area contributed by atoms with Crippen LogP contribution >= 0.6 is 0 Å². The topological polar surface area (TPSA) is 144 Å². The van der Waals surface area contributed by atoms with Crippen molar-refractivity contribution in [1.82, 2.24) is 15.5 Å². The van der Waals surface area contributed by atoms with E-state index in [1.54, 1.807) is 19.1 Å². The SMILES string of the molecule is CCOC(=O)C1=C(COC(=O)CCN2C(=O)[C@@H]3CC=CC[C@H]3C2=O)NC(=O)N[C@@H]1c1ccco1. The molecular formula is C23H25N3O8. The summed E-state index contributed by atoms with van der Waals surface area (Å²) in [6.07, 6.45) is 6.01. The molecule has 3 heterocycles. The summed E-state index contributed by atoms with van der Waals surface area (Å²) in [6, 6.07) is 1.67. The Bertz CT molecular complexity index is 1030. The molecule has 0 bridgehead atoms. The van der Waals surface area contributed by atoms with Gasteiger partial charge < -0.3 is 24.5 Å². The minimum Gasteiger partial charge on any atom is -0.467 e. The van der Waals surface area contributed by atoms with Crippen LogP contribution in [0.4, 0.5) is 4.79 Å². The van der Waals surface area contributed by atoms with Crippen molar-refractivity contribution in [3.05, 3.63) is 47.6 Å². The summed E-state index contributed by atoms with van der Waals surface area (Å²) >= 11 is 0. The fourth-order valence-electron chi connectivity index (χ4n) is 4.37. The number of fused-ring (bicyclic) bond motifs is 1. The summed E-state index contributed by atoms with van der Waals surface area (Å²) in [5.74, 6) is -2.36.